The van der Waals surface area contributed by atoms with Crippen molar-refractivity contribution in [2.24, 2.45) is 0 Å². The minimum atomic E-state index is -4.39. The summed E-state index contributed by atoms with van der Waals surface area (Å²) in [4.78, 5) is 14.8. The molecule has 6 heteroatoms. The zero-order valence-electron chi connectivity index (χ0n) is 11.0. The highest BCUT2D eigenvalue weighted by molar-refractivity contribution is 5.80. The zero-order valence-corrected chi connectivity index (χ0v) is 11.0. The summed E-state index contributed by atoms with van der Waals surface area (Å²) < 4.78 is 39.1. The number of para-hydroxylation sites is 1. The number of benzene rings is 2. The molecule has 3 nitrogen and oxygen atoms in total. The van der Waals surface area contributed by atoms with Crippen LogP contribution in [-0.4, -0.2) is 9.55 Å². The van der Waals surface area contributed by atoms with Crippen molar-refractivity contribution >= 4 is 11.0 Å². The van der Waals surface area contributed by atoms with Gasteiger partial charge in [0, 0.05) is 0 Å². The van der Waals surface area contributed by atoms with Gasteiger partial charge in [-0.3, -0.25) is 4.57 Å². The Kier molecular flexibility index (Phi) is 2.90. The molecule has 3 aromatic rings. The molecule has 1 aromatic heterocycles. The van der Waals surface area contributed by atoms with Crippen LogP contribution in [-0.2, 0) is 6.18 Å². The highest BCUT2D eigenvalue weighted by Crippen LogP contribution is 2.29. The van der Waals surface area contributed by atoms with Gasteiger partial charge in [0.25, 0.3) is 0 Å². The second-order valence-corrected chi connectivity index (χ2v) is 4.78. The molecular weight excluding hydrogens is 281 g/mol. The third kappa shape index (κ3) is 2.22. The monoisotopic (exact) mass is 292 g/mol. The average Bonchev–Trinajstić information content (AvgIpc) is 2.76. The van der Waals surface area contributed by atoms with Gasteiger partial charge < -0.3 is 4.98 Å². The lowest BCUT2D eigenvalue weighted by atomic mass is 10.2. The first kappa shape index (κ1) is 13.5. The van der Waals surface area contributed by atoms with Crippen molar-refractivity contribution in [1.29, 1.82) is 0 Å². The van der Waals surface area contributed by atoms with Gasteiger partial charge in [0.1, 0.15) is 0 Å². The molecule has 2 aromatic carbocycles. The van der Waals surface area contributed by atoms with Crippen LogP contribution in [0.1, 0.15) is 11.1 Å². The summed E-state index contributed by atoms with van der Waals surface area (Å²) >= 11 is 0. The summed E-state index contributed by atoms with van der Waals surface area (Å²) in [7, 11) is 0. The maximum absolute atomic E-state index is 12.6. The number of nitrogens with zero attached hydrogens (tertiary/aromatic N) is 1. The molecule has 3 rings (SSSR count). The molecule has 0 aliphatic rings. The van der Waals surface area contributed by atoms with Crippen LogP contribution in [0.4, 0.5) is 13.2 Å². The molecule has 0 radical (unpaired) electrons. The fourth-order valence-electron chi connectivity index (χ4n) is 2.33. The number of hydrogen-bond acceptors (Lipinski definition) is 1. The number of aromatic amines is 1. The van der Waals surface area contributed by atoms with Gasteiger partial charge in [-0.1, -0.05) is 12.1 Å². The Morgan fingerprint density at radius 3 is 2.33 bits per heavy atom. The molecule has 0 aliphatic carbocycles. The van der Waals surface area contributed by atoms with E-state index in [2.05, 4.69) is 4.98 Å². The molecule has 1 N–H and O–H groups in total. The van der Waals surface area contributed by atoms with Crippen LogP contribution in [0.2, 0.25) is 0 Å². The summed E-state index contributed by atoms with van der Waals surface area (Å²) in [6.45, 7) is 1.86. The molecule has 0 aliphatic heterocycles. The number of aryl methyl sites for hydroxylation is 1. The van der Waals surface area contributed by atoms with Gasteiger partial charge in [-0.2, -0.15) is 13.2 Å². The number of aromatic nitrogens is 2. The van der Waals surface area contributed by atoms with Crippen LogP contribution in [0.5, 0.6) is 0 Å². The molecule has 0 amide bonds. The van der Waals surface area contributed by atoms with E-state index in [9.17, 15) is 18.0 Å². The highest BCUT2D eigenvalue weighted by Gasteiger charge is 2.30. The first-order valence-corrected chi connectivity index (χ1v) is 6.26. The highest BCUT2D eigenvalue weighted by atomic mass is 19.4. The molecule has 0 unspecified atom stereocenters. The number of rotatable bonds is 1. The van der Waals surface area contributed by atoms with Crippen molar-refractivity contribution in [3.8, 4) is 5.69 Å². The standard InChI is InChI=1S/C15H11F3N2O/c1-9-3-2-4-12-13(9)19-14(21)20(12)11-7-5-10(6-8-11)15(16,17)18/h2-8H,1H3,(H,19,21). The molecule has 0 spiro atoms. The number of halogens is 3. The van der Waals surface area contributed by atoms with E-state index in [-0.39, 0.29) is 5.69 Å². The molecule has 0 saturated heterocycles. The van der Waals surface area contributed by atoms with E-state index in [1.165, 1.54) is 16.7 Å². The van der Waals surface area contributed by atoms with E-state index in [4.69, 9.17) is 0 Å². The maximum Gasteiger partial charge on any atom is 0.416 e. The molecule has 0 fully saturated rings. The van der Waals surface area contributed by atoms with Gasteiger partial charge in [-0.25, -0.2) is 4.79 Å². The van der Waals surface area contributed by atoms with E-state index in [1.54, 1.807) is 12.1 Å². The van der Waals surface area contributed by atoms with Gasteiger partial charge in [-0.15, -0.1) is 0 Å². The lowest BCUT2D eigenvalue weighted by Crippen LogP contribution is -2.15. The fraction of sp³-hybridized carbons (Fsp3) is 0.133. The van der Waals surface area contributed by atoms with E-state index in [0.29, 0.717) is 16.7 Å². The molecule has 21 heavy (non-hydrogen) atoms. The van der Waals surface area contributed by atoms with Gasteiger partial charge >= 0.3 is 11.9 Å². The summed E-state index contributed by atoms with van der Waals surface area (Å²) in [5.41, 5.74) is 1.50. The Labute approximate surface area is 117 Å². The number of H-pyrrole nitrogens is 1. The Bertz CT molecular complexity index is 857. The normalized spacial score (nSPS) is 12.0. The minimum absolute atomic E-state index is 0.376. The molecule has 1 heterocycles. The van der Waals surface area contributed by atoms with E-state index in [0.717, 1.165) is 17.7 Å². The lowest BCUT2D eigenvalue weighted by molar-refractivity contribution is -0.137. The van der Waals surface area contributed by atoms with Crippen LogP contribution in [0.25, 0.3) is 16.7 Å². The Balaban J connectivity index is 2.19. The van der Waals surface area contributed by atoms with Crippen molar-refractivity contribution in [2.75, 3.05) is 0 Å². The first-order chi connectivity index (χ1) is 9.88. The van der Waals surface area contributed by atoms with Crippen LogP contribution >= 0.6 is 0 Å². The molecule has 0 atom stereocenters. The van der Waals surface area contributed by atoms with Crippen LogP contribution in [0.15, 0.2) is 47.3 Å². The van der Waals surface area contributed by atoms with E-state index < -0.39 is 11.7 Å². The average molecular weight is 292 g/mol. The van der Waals surface area contributed by atoms with Crippen LogP contribution < -0.4 is 5.69 Å². The van der Waals surface area contributed by atoms with Crippen LogP contribution in [0.3, 0.4) is 0 Å². The van der Waals surface area contributed by atoms with Crippen molar-refractivity contribution in [2.45, 2.75) is 13.1 Å². The SMILES string of the molecule is Cc1cccc2c1[nH]c(=O)n2-c1ccc(C(F)(F)F)cc1. The fourth-order valence-corrected chi connectivity index (χ4v) is 2.33. The van der Waals surface area contributed by atoms with Gasteiger partial charge in [-0.05, 0) is 42.8 Å². The second-order valence-electron chi connectivity index (χ2n) is 4.78. The lowest BCUT2D eigenvalue weighted by Gasteiger charge is -2.08. The Morgan fingerprint density at radius 2 is 1.71 bits per heavy atom. The topological polar surface area (TPSA) is 37.8 Å². The van der Waals surface area contributed by atoms with E-state index >= 15 is 0 Å². The maximum atomic E-state index is 12.6. The first-order valence-electron chi connectivity index (χ1n) is 6.26. The van der Waals surface area contributed by atoms with Crippen molar-refractivity contribution in [3.05, 3.63) is 64.1 Å². The molecule has 0 bridgehead atoms. The number of nitrogens with one attached hydrogen (secondary N) is 1. The van der Waals surface area contributed by atoms with Gasteiger partial charge in [0.05, 0.1) is 22.3 Å². The Hall–Kier alpha value is -2.50. The largest absolute Gasteiger partial charge is 0.416 e. The number of fused-ring (bicyclic) bond motifs is 1. The second kappa shape index (κ2) is 4.51. The molecule has 108 valence electrons. The third-order valence-corrected chi connectivity index (χ3v) is 3.38. The summed E-state index contributed by atoms with van der Waals surface area (Å²) in [6, 6.07) is 9.92. The van der Waals surface area contributed by atoms with Crippen molar-refractivity contribution in [3.63, 3.8) is 0 Å². The smallest absolute Gasteiger partial charge is 0.305 e. The Morgan fingerprint density at radius 1 is 1.05 bits per heavy atom. The number of alkyl halides is 3. The van der Waals surface area contributed by atoms with Crippen molar-refractivity contribution < 1.29 is 13.2 Å². The molecule has 0 saturated carbocycles. The van der Waals surface area contributed by atoms with E-state index in [1.807, 2.05) is 13.0 Å². The predicted molar refractivity (Wildman–Crippen MR) is 73.6 cm³/mol. The van der Waals surface area contributed by atoms with Crippen molar-refractivity contribution in [1.82, 2.24) is 9.55 Å². The number of imidazole rings is 1. The predicted octanol–water partition coefficient (Wildman–Crippen LogP) is 3.65. The van der Waals surface area contributed by atoms with Crippen LogP contribution in [0, 0.1) is 6.92 Å². The summed E-state index contributed by atoms with van der Waals surface area (Å²) in [6.07, 6.45) is -4.39. The number of hydrogen-bond donors (Lipinski definition) is 1. The summed E-state index contributed by atoms with van der Waals surface area (Å²) in [5, 5.41) is 0. The molecular formula is C15H11F3N2O. The van der Waals surface area contributed by atoms with Gasteiger partial charge in [0.15, 0.2) is 0 Å². The van der Waals surface area contributed by atoms with Gasteiger partial charge in [0.2, 0.25) is 0 Å². The summed E-state index contributed by atoms with van der Waals surface area (Å²) in [5.74, 6) is 0. The quantitative estimate of drug-likeness (QED) is 0.730. The minimum Gasteiger partial charge on any atom is -0.305 e. The zero-order chi connectivity index (χ0) is 15.2. The third-order valence-electron chi connectivity index (χ3n) is 3.38.